The number of amides is 1. The second-order valence-electron chi connectivity index (χ2n) is 4.76. The van der Waals surface area contributed by atoms with Crippen molar-refractivity contribution in [1.82, 2.24) is 20.0 Å². The van der Waals surface area contributed by atoms with E-state index in [1.165, 1.54) is 13.3 Å². The molecule has 0 bridgehead atoms. The monoisotopic (exact) mass is 343 g/mol. The molecule has 0 spiro atoms. The number of methoxy groups -OCH3 is 1. The van der Waals surface area contributed by atoms with E-state index < -0.39 is 11.9 Å². The zero-order valence-electron chi connectivity index (χ0n) is 12.7. The number of carbonyl (C=O) groups excluding carboxylic acids is 2. The van der Waals surface area contributed by atoms with Crippen molar-refractivity contribution >= 4 is 28.3 Å². The fourth-order valence-electron chi connectivity index (χ4n) is 1.94. The lowest BCUT2D eigenvalue weighted by molar-refractivity contribution is 0.0606. The summed E-state index contributed by atoms with van der Waals surface area (Å²) in [5.41, 5.74) is 1.22. The summed E-state index contributed by atoms with van der Waals surface area (Å²) in [6.45, 7) is 0.519. The third-order valence-electron chi connectivity index (χ3n) is 3.07. The molecule has 0 radical (unpaired) electrons. The van der Waals surface area contributed by atoms with E-state index >= 15 is 0 Å². The number of thiazole rings is 1. The van der Waals surface area contributed by atoms with Crippen LogP contribution in [0.25, 0.3) is 0 Å². The van der Waals surface area contributed by atoms with Crippen molar-refractivity contribution in [3.63, 3.8) is 0 Å². The van der Waals surface area contributed by atoms with Crippen LogP contribution in [0.4, 0.5) is 5.13 Å². The molecule has 24 heavy (non-hydrogen) atoms. The molecule has 0 fully saturated rings. The molecule has 2 heterocycles. The topological polar surface area (TPSA) is 99.0 Å². The number of nitrogens with zero attached hydrogens (tertiary/aromatic N) is 4. The van der Waals surface area contributed by atoms with Crippen LogP contribution in [-0.2, 0) is 11.3 Å². The largest absolute Gasteiger partial charge is 0.465 e. The summed E-state index contributed by atoms with van der Waals surface area (Å²) in [6.07, 6.45) is 2.90. The van der Waals surface area contributed by atoms with Crippen molar-refractivity contribution in [3.05, 3.63) is 58.9 Å². The minimum atomic E-state index is -0.498. The summed E-state index contributed by atoms with van der Waals surface area (Å²) < 4.78 is 6.17. The minimum absolute atomic E-state index is 0.167. The van der Waals surface area contributed by atoms with Gasteiger partial charge in [0.25, 0.3) is 5.91 Å². The van der Waals surface area contributed by atoms with Gasteiger partial charge < -0.3 is 4.74 Å². The highest BCUT2D eigenvalue weighted by Gasteiger charge is 2.15. The zero-order chi connectivity index (χ0) is 16.9. The highest BCUT2D eigenvalue weighted by molar-refractivity contribution is 7.17. The number of carbonyl (C=O) groups is 2. The maximum atomic E-state index is 12.2. The van der Waals surface area contributed by atoms with Gasteiger partial charge in [0.1, 0.15) is 4.88 Å². The van der Waals surface area contributed by atoms with Gasteiger partial charge >= 0.3 is 5.97 Å². The van der Waals surface area contributed by atoms with Crippen LogP contribution in [0.2, 0.25) is 0 Å². The van der Waals surface area contributed by atoms with Crippen LogP contribution in [0.3, 0.4) is 0 Å². The van der Waals surface area contributed by atoms with Gasteiger partial charge in [-0.3, -0.25) is 10.1 Å². The number of hydrogen-bond donors (Lipinski definition) is 1. The fraction of sp³-hybridized carbons (Fsp3) is 0.133. The van der Waals surface area contributed by atoms with E-state index in [2.05, 4.69) is 25.3 Å². The molecule has 1 amide bonds. The lowest BCUT2D eigenvalue weighted by Crippen LogP contribution is -2.12. The normalized spacial score (nSPS) is 10.4. The molecule has 1 N–H and O–H groups in total. The third-order valence-corrected chi connectivity index (χ3v) is 3.96. The van der Waals surface area contributed by atoms with Gasteiger partial charge in [-0.25, -0.2) is 14.5 Å². The Morgan fingerprint density at radius 2 is 2.08 bits per heavy atom. The predicted molar refractivity (Wildman–Crippen MR) is 87.0 cm³/mol. The average molecular weight is 343 g/mol. The number of anilines is 1. The molecule has 0 unspecified atom stereocenters. The summed E-state index contributed by atoms with van der Waals surface area (Å²) in [4.78, 5) is 27.8. The summed E-state index contributed by atoms with van der Waals surface area (Å²) >= 11 is 1.03. The second-order valence-corrected chi connectivity index (χ2v) is 5.79. The Hall–Kier alpha value is -3.07. The van der Waals surface area contributed by atoms with E-state index in [-0.39, 0.29) is 10.8 Å². The predicted octanol–water partition coefficient (Wildman–Crippen LogP) is 1.82. The number of rotatable bonds is 5. The molecule has 122 valence electrons. The lowest BCUT2D eigenvalue weighted by Gasteiger charge is -1.99. The molecular weight excluding hydrogens is 330 g/mol. The molecule has 0 aliphatic rings. The van der Waals surface area contributed by atoms with E-state index in [0.717, 1.165) is 16.9 Å². The Morgan fingerprint density at radius 3 is 2.83 bits per heavy atom. The summed E-state index contributed by atoms with van der Waals surface area (Å²) in [5, 5.41) is 10.7. The first-order valence-corrected chi connectivity index (χ1v) is 7.77. The SMILES string of the molecule is COC(=O)c1cnc(NC(=O)c2cn(Cc3ccccc3)nn2)s1. The zero-order valence-corrected chi connectivity index (χ0v) is 13.5. The molecule has 3 aromatic rings. The van der Waals surface area contributed by atoms with E-state index in [4.69, 9.17) is 0 Å². The number of ether oxygens (including phenoxy) is 1. The Labute approximate surface area is 141 Å². The maximum absolute atomic E-state index is 12.2. The van der Waals surface area contributed by atoms with Crippen molar-refractivity contribution in [2.45, 2.75) is 6.54 Å². The van der Waals surface area contributed by atoms with Gasteiger partial charge in [-0.05, 0) is 5.56 Å². The van der Waals surface area contributed by atoms with Crippen molar-refractivity contribution in [2.24, 2.45) is 0 Å². The molecule has 0 atom stereocenters. The molecule has 1 aromatic carbocycles. The summed E-state index contributed by atoms with van der Waals surface area (Å²) in [7, 11) is 1.28. The molecule has 9 heteroatoms. The van der Waals surface area contributed by atoms with Crippen LogP contribution in [0.1, 0.15) is 25.7 Å². The van der Waals surface area contributed by atoms with Crippen LogP contribution in [-0.4, -0.2) is 39.0 Å². The highest BCUT2D eigenvalue weighted by atomic mass is 32.1. The van der Waals surface area contributed by atoms with Gasteiger partial charge in [-0.1, -0.05) is 46.9 Å². The maximum Gasteiger partial charge on any atom is 0.349 e. The first-order chi connectivity index (χ1) is 11.7. The Balaban J connectivity index is 1.65. The van der Waals surface area contributed by atoms with Gasteiger partial charge in [0.2, 0.25) is 0 Å². The minimum Gasteiger partial charge on any atom is -0.465 e. The van der Waals surface area contributed by atoms with Crippen LogP contribution in [0.15, 0.2) is 42.7 Å². The van der Waals surface area contributed by atoms with E-state index in [9.17, 15) is 9.59 Å². The second kappa shape index (κ2) is 7.01. The summed E-state index contributed by atoms with van der Waals surface area (Å²) in [6, 6.07) is 9.72. The number of aromatic nitrogens is 4. The highest BCUT2D eigenvalue weighted by Crippen LogP contribution is 2.19. The quantitative estimate of drug-likeness (QED) is 0.710. The van der Waals surface area contributed by atoms with Crippen LogP contribution >= 0.6 is 11.3 Å². The first kappa shape index (κ1) is 15.8. The molecule has 3 rings (SSSR count). The molecule has 0 saturated heterocycles. The van der Waals surface area contributed by atoms with Gasteiger partial charge in [0.05, 0.1) is 26.0 Å². The van der Waals surface area contributed by atoms with Gasteiger partial charge in [-0.2, -0.15) is 0 Å². The number of nitrogens with one attached hydrogen (secondary N) is 1. The number of hydrogen-bond acceptors (Lipinski definition) is 7. The van der Waals surface area contributed by atoms with Crippen LogP contribution < -0.4 is 5.32 Å². The molecular formula is C15H13N5O3S. The van der Waals surface area contributed by atoms with Crippen molar-refractivity contribution in [3.8, 4) is 0 Å². The molecule has 0 saturated carbocycles. The Morgan fingerprint density at radius 1 is 1.29 bits per heavy atom. The van der Waals surface area contributed by atoms with E-state index in [1.807, 2.05) is 30.3 Å². The van der Waals surface area contributed by atoms with Gasteiger partial charge in [0, 0.05) is 0 Å². The van der Waals surface area contributed by atoms with Gasteiger partial charge in [-0.15, -0.1) is 5.10 Å². The lowest BCUT2D eigenvalue weighted by atomic mass is 10.2. The molecule has 2 aromatic heterocycles. The van der Waals surface area contributed by atoms with Crippen molar-refractivity contribution in [2.75, 3.05) is 12.4 Å². The van der Waals surface area contributed by atoms with Crippen LogP contribution in [0.5, 0.6) is 0 Å². The Kier molecular flexibility index (Phi) is 4.62. The first-order valence-electron chi connectivity index (χ1n) is 6.95. The smallest absolute Gasteiger partial charge is 0.349 e. The Bertz CT molecular complexity index is 859. The third kappa shape index (κ3) is 3.63. The van der Waals surface area contributed by atoms with Crippen molar-refractivity contribution < 1.29 is 14.3 Å². The van der Waals surface area contributed by atoms with Crippen molar-refractivity contribution in [1.29, 1.82) is 0 Å². The molecule has 0 aliphatic carbocycles. The average Bonchev–Trinajstić information content (AvgIpc) is 3.25. The summed E-state index contributed by atoms with van der Waals surface area (Å²) in [5.74, 6) is -0.943. The fourth-order valence-corrected chi connectivity index (χ4v) is 2.67. The standard InChI is InChI=1S/C15H13N5O3S/c1-23-14(22)12-7-16-15(24-12)17-13(21)11-9-20(19-18-11)8-10-5-3-2-4-6-10/h2-7,9H,8H2,1H3,(H,16,17,21). The molecule has 0 aliphatic heterocycles. The number of benzene rings is 1. The van der Waals surface area contributed by atoms with E-state index in [0.29, 0.717) is 11.4 Å². The van der Waals surface area contributed by atoms with Gasteiger partial charge in [0.15, 0.2) is 10.8 Å². The molecule has 8 nitrogen and oxygen atoms in total. The number of esters is 1. The van der Waals surface area contributed by atoms with Crippen LogP contribution in [0, 0.1) is 0 Å². The van der Waals surface area contributed by atoms with E-state index in [1.54, 1.807) is 10.9 Å².